The number of aromatic nitrogens is 8. The molecule has 20 heavy (non-hydrogen) atoms. The van der Waals surface area contributed by atoms with E-state index in [1.165, 1.54) is 0 Å². The molecule has 0 spiro atoms. The maximum absolute atomic E-state index is 10.2. The molecule has 0 aliphatic rings. The fraction of sp³-hybridized carbons (Fsp3) is 0. The summed E-state index contributed by atoms with van der Waals surface area (Å²) in [5.74, 6) is 0. The topological polar surface area (TPSA) is 166 Å². The summed E-state index contributed by atoms with van der Waals surface area (Å²) in [5, 5.41) is 10.1. The molecule has 0 atom stereocenters. The van der Waals surface area contributed by atoms with Crippen molar-refractivity contribution in [1.82, 2.24) is 40.3 Å². The Balaban J connectivity index is 0.000000158. The van der Waals surface area contributed by atoms with Gasteiger partial charge in [0.25, 0.3) is 0 Å². The third-order valence-electron chi connectivity index (χ3n) is 1.50. The van der Waals surface area contributed by atoms with Crippen LogP contribution in [0, 0.1) is 0 Å². The number of hydrogen-bond acceptors (Lipinski definition) is 7. The Morgan fingerprint density at radius 1 is 0.800 bits per heavy atom. The van der Waals surface area contributed by atoms with E-state index in [1.807, 2.05) is 0 Å². The van der Waals surface area contributed by atoms with Crippen LogP contribution in [0.4, 0.5) is 0 Å². The highest BCUT2D eigenvalue weighted by atomic mass is 16.2. The Morgan fingerprint density at radius 2 is 1.35 bits per heavy atom. The van der Waals surface area contributed by atoms with E-state index in [4.69, 9.17) is 0 Å². The van der Waals surface area contributed by atoms with Crippen LogP contribution in [0.5, 0.6) is 0 Å². The second-order valence-corrected chi connectivity index (χ2v) is 2.93. The second kappa shape index (κ2) is 8.68. The van der Waals surface area contributed by atoms with E-state index in [0.717, 1.165) is 0 Å². The maximum Gasteiger partial charge on any atom is 0.330 e. The largest absolute Gasteiger partial charge is 0.351 e. The van der Waals surface area contributed by atoms with Gasteiger partial charge in [-0.1, -0.05) is 0 Å². The van der Waals surface area contributed by atoms with Gasteiger partial charge in [-0.3, -0.25) is 15.0 Å². The van der Waals surface area contributed by atoms with E-state index in [9.17, 15) is 14.4 Å². The van der Waals surface area contributed by atoms with Crippen LogP contribution >= 0.6 is 0 Å². The highest BCUT2D eigenvalue weighted by Crippen LogP contribution is 1.63. The van der Waals surface area contributed by atoms with Crippen LogP contribution in [0.1, 0.15) is 0 Å². The molecule has 3 aromatic rings. The molecule has 11 nitrogen and oxygen atoms in total. The van der Waals surface area contributed by atoms with Crippen molar-refractivity contribution in [1.29, 1.82) is 0 Å². The molecule has 0 saturated heterocycles. The summed E-state index contributed by atoms with van der Waals surface area (Å²) < 4.78 is 0. The zero-order valence-corrected chi connectivity index (χ0v) is 9.98. The van der Waals surface area contributed by atoms with Crippen LogP contribution in [-0.2, 0) is 0 Å². The van der Waals surface area contributed by atoms with E-state index in [0.29, 0.717) is 0 Å². The minimum atomic E-state index is -0.802. The number of nitrogens with zero attached hydrogens (tertiary/aromatic N) is 4. The molecule has 3 rings (SSSR count). The lowest BCUT2D eigenvalue weighted by molar-refractivity contribution is 0.865. The smallest absolute Gasteiger partial charge is 0.330 e. The molecule has 0 bridgehead atoms. The summed E-state index contributed by atoms with van der Waals surface area (Å²) >= 11 is 0. The lowest BCUT2D eigenvalue weighted by Gasteiger charge is -1.77. The van der Waals surface area contributed by atoms with Crippen molar-refractivity contribution in [3.63, 3.8) is 0 Å². The lowest BCUT2D eigenvalue weighted by atomic mass is 10.7. The van der Waals surface area contributed by atoms with Gasteiger partial charge in [0.05, 0.1) is 18.7 Å². The first-order valence-corrected chi connectivity index (χ1v) is 5.12. The van der Waals surface area contributed by atoms with E-state index in [-0.39, 0.29) is 0 Å². The Hall–Kier alpha value is -3.37. The predicted molar refractivity (Wildman–Crippen MR) is 66.7 cm³/mol. The fourth-order valence-electron chi connectivity index (χ4n) is 0.823. The molecule has 0 fully saturated rings. The summed E-state index contributed by atoms with van der Waals surface area (Å²) in [7, 11) is 0. The standard InChI is InChI=1S/C3H3N3O3.C3H3N3.C3H4N2/c7-1-4-2(8)6-3(9)5-1;1-2-4-6-5-3-1;1-2-5-3-4-1/h(H3,4,5,6,7,8,9);1-3H;1-3H,(H,4,5). The molecule has 4 N–H and O–H groups in total. The first-order chi connectivity index (χ1) is 9.68. The van der Waals surface area contributed by atoms with E-state index < -0.39 is 17.1 Å². The Bertz CT molecular complexity index is 607. The van der Waals surface area contributed by atoms with Gasteiger partial charge in [-0.2, -0.15) is 0 Å². The van der Waals surface area contributed by atoms with Gasteiger partial charge < -0.3 is 4.98 Å². The lowest BCUT2D eigenvalue weighted by Crippen LogP contribution is -2.34. The number of nitrogens with one attached hydrogen (secondary N) is 4. The van der Waals surface area contributed by atoms with Crippen LogP contribution in [0.25, 0.3) is 0 Å². The Kier molecular flexibility index (Phi) is 6.38. The second-order valence-electron chi connectivity index (χ2n) is 2.93. The number of rotatable bonds is 0. The first kappa shape index (κ1) is 14.7. The predicted octanol–water partition coefficient (Wildman–Crippen LogP) is -1.97. The van der Waals surface area contributed by atoms with Crippen molar-refractivity contribution in [2.45, 2.75) is 0 Å². The third-order valence-corrected chi connectivity index (χ3v) is 1.50. The number of hydrogen-bond donors (Lipinski definition) is 4. The molecule has 104 valence electrons. The first-order valence-electron chi connectivity index (χ1n) is 5.12. The fourth-order valence-corrected chi connectivity index (χ4v) is 0.823. The van der Waals surface area contributed by atoms with Crippen LogP contribution < -0.4 is 17.1 Å². The summed E-state index contributed by atoms with van der Waals surface area (Å²) in [4.78, 5) is 42.3. The van der Waals surface area contributed by atoms with Gasteiger partial charge in [-0.05, 0) is 11.3 Å². The summed E-state index contributed by atoms with van der Waals surface area (Å²) in [6.07, 6.45) is 8.24. The summed E-state index contributed by atoms with van der Waals surface area (Å²) in [6, 6.07) is 1.72. The number of imidazole rings is 1. The molecule has 11 heteroatoms. The quantitative estimate of drug-likeness (QED) is 0.370. The van der Waals surface area contributed by atoms with E-state index >= 15 is 0 Å². The molecule has 0 unspecified atom stereocenters. The third kappa shape index (κ3) is 7.05. The molecule has 0 aromatic carbocycles. The monoisotopic (exact) mass is 278 g/mol. The maximum atomic E-state index is 10.2. The molecular formula is C9H10N8O3. The SMILES string of the molecule is O=c1[nH]c(=O)[nH]c(=O)[nH]1.c1c[nH]cn1.c1cnnnc1. The van der Waals surface area contributed by atoms with Crippen molar-refractivity contribution in [2.24, 2.45) is 0 Å². The van der Waals surface area contributed by atoms with Gasteiger partial charge in [-0.15, -0.1) is 10.2 Å². The highest BCUT2D eigenvalue weighted by molar-refractivity contribution is 4.69. The van der Waals surface area contributed by atoms with Crippen LogP contribution in [-0.4, -0.2) is 40.3 Å². The molecule has 3 aromatic heterocycles. The molecule has 3 heterocycles. The van der Waals surface area contributed by atoms with Crippen molar-refractivity contribution in [2.75, 3.05) is 0 Å². The van der Waals surface area contributed by atoms with Gasteiger partial charge in [0.2, 0.25) is 0 Å². The molecular weight excluding hydrogens is 268 g/mol. The minimum Gasteiger partial charge on any atom is -0.351 e. The Morgan fingerprint density at radius 3 is 1.55 bits per heavy atom. The van der Waals surface area contributed by atoms with Gasteiger partial charge >= 0.3 is 17.1 Å². The molecule has 0 amide bonds. The van der Waals surface area contributed by atoms with Gasteiger partial charge in [-0.25, -0.2) is 19.4 Å². The molecule has 0 radical (unpaired) electrons. The normalized spacial score (nSPS) is 8.60. The van der Waals surface area contributed by atoms with Crippen LogP contribution in [0.15, 0.2) is 51.6 Å². The van der Waals surface area contributed by atoms with Crippen molar-refractivity contribution in [3.8, 4) is 0 Å². The van der Waals surface area contributed by atoms with Crippen molar-refractivity contribution in [3.05, 3.63) is 68.6 Å². The number of aromatic amines is 4. The molecule has 0 saturated carbocycles. The molecule has 0 aliphatic heterocycles. The number of H-pyrrole nitrogens is 4. The van der Waals surface area contributed by atoms with Gasteiger partial charge in [0.15, 0.2) is 0 Å². The molecule has 0 aliphatic carbocycles. The van der Waals surface area contributed by atoms with Crippen LogP contribution in [0.2, 0.25) is 0 Å². The van der Waals surface area contributed by atoms with Gasteiger partial charge in [0.1, 0.15) is 0 Å². The van der Waals surface area contributed by atoms with Crippen molar-refractivity contribution >= 4 is 0 Å². The average Bonchev–Trinajstić information content (AvgIpc) is 2.99. The summed E-state index contributed by atoms with van der Waals surface area (Å²) in [5.41, 5.74) is -2.41. The van der Waals surface area contributed by atoms with E-state index in [1.54, 1.807) is 52.1 Å². The minimum absolute atomic E-state index is 0.802. The average molecular weight is 278 g/mol. The zero-order valence-electron chi connectivity index (χ0n) is 9.98. The van der Waals surface area contributed by atoms with E-state index in [2.05, 4.69) is 25.4 Å². The van der Waals surface area contributed by atoms with Crippen LogP contribution in [0.3, 0.4) is 0 Å². The van der Waals surface area contributed by atoms with Gasteiger partial charge in [0, 0.05) is 12.4 Å². The zero-order chi connectivity index (χ0) is 14.6. The van der Waals surface area contributed by atoms with Crippen molar-refractivity contribution < 1.29 is 0 Å². The Labute approximate surface area is 110 Å². The highest BCUT2D eigenvalue weighted by Gasteiger charge is 1.85. The summed E-state index contributed by atoms with van der Waals surface area (Å²) in [6.45, 7) is 0.